The van der Waals surface area contributed by atoms with Gasteiger partial charge in [-0.3, -0.25) is 4.79 Å². The van der Waals surface area contributed by atoms with Crippen LogP contribution in [0.2, 0.25) is 0 Å². The third kappa shape index (κ3) is 1.76. The maximum Gasteiger partial charge on any atom is 0.136 e. The smallest absolute Gasteiger partial charge is 0.136 e. The molecule has 0 aromatic rings. The van der Waals surface area contributed by atoms with Crippen molar-refractivity contribution in [1.82, 2.24) is 0 Å². The molecule has 1 N–H and O–H groups in total. The molecule has 0 radical (unpaired) electrons. The molecule has 0 saturated heterocycles. The Morgan fingerprint density at radius 2 is 1.90 bits per heavy atom. The molecule has 4 aliphatic rings. The summed E-state index contributed by atoms with van der Waals surface area (Å²) >= 11 is 0. The molecule has 0 unspecified atom stereocenters. The van der Waals surface area contributed by atoms with E-state index in [1.165, 1.54) is 32.1 Å². The number of carbonyl (C=O) groups is 1. The van der Waals surface area contributed by atoms with E-state index in [1.54, 1.807) is 0 Å². The summed E-state index contributed by atoms with van der Waals surface area (Å²) in [4.78, 5) is 12.1. The van der Waals surface area contributed by atoms with E-state index >= 15 is 0 Å². The average Bonchev–Trinajstić information content (AvgIpc) is 2.82. The topological polar surface area (TPSA) is 37.3 Å². The minimum Gasteiger partial charge on any atom is -0.393 e. The summed E-state index contributed by atoms with van der Waals surface area (Å²) < 4.78 is 0. The first-order chi connectivity index (χ1) is 9.59. The molecule has 0 spiro atoms. The van der Waals surface area contributed by atoms with Crippen molar-refractivity contribution in [3.63, 3.8) is 0 Å². The van der Waals surface area contributed by atoms with Crippen molar-refractivity contribution < 1.29 is 9.90 Å². The molecule has 0 bridgehead atoms. The highest BCUT2D eigenvalue weighted by molar-refractivity contribution is 5.83. The molecule has 0 aromatic carbocycles. The Hall–Kier alpha value is -0.370. The van der Waals surface area contributed by atoms with Crippen LogP contribution in [-0.2, 0) is 4.79 Å². The summed E-state index contributed by atoms with van der Waals surface area (Å²) in [5, 5.41) is 10.00. The fourth-order valence-corrected chi connectivity index (χ4v) is 6.65. The third-order valence-corrected chi connectivity index (χ3v) is 7.71. The number of rotatable bonds is 0. The zero-order chi connectivity index (χ0) is 13.9. The van der Waals surface area contributed by atoms with E-state index in [1.807, 2.05) is 0 Å². The SMILES string of the molecule is C[C@]12CC[C@@H](O)C[C@@H]1CC[C@H]1[C@@H]3CCC(=O)[C@H]3CC[C@@H]12. The Morgan fingerprint density at radius 1 is 1.05 bits per heavy atom. The second-order valence-corrected chi connectivity index (χ2v) is 8.33. The van der Waals surface area contributed by atoms with Crippen LogP contribution in [0, 0.1) is 35.0 Å². The number of aliphatic hydroxyl groups is 1. The lowest BCUT2D eigenvalue weighted by Gasteiger charge is -2.58. The van der Waals surface area contributed by atoms with Gasteiger partial charge in [-0.2, -0.15) is 0 Å². The summed E-state index contributed by atoms with van der Waals surface area (Å²) in [5.41, 5.74) is 0.457. The van der Waals surface area contributed by atoms with Crippen LogP contribution in [0.3, 0.4) is 0 Å². The zero-order valence-corrected chi connectivity index (χ0v) is 12.7. The van der Waals surface area contributed by atoms with Gasteiger partial charge in [-0.05, 0) is 80.5 Å². The standard InChI is InChI=1S/C18H28O2/c1-18-9-8-12(19)10-11(18)2-3-14-13-5-7-17(20)15(13)4-6-16(14)18/h11-16,19H,2-10H2,1H3/t11-,12+,13-,14-,15-,16-,18-/m0/s1. The molecule has 4 aliphatic carbocycles. The van der Waals surface area contributed by atoms with Crippen LogP contribution in [0.5, 0.6) is 0 Å². The van der Waals surface area contributed by atoms with Gasteiger partial charge in [0, 0.05) is 12.3 Å². The van der Waals surface area contributed by atoms with Crippen molar-refractivity contribution >= 4 is 5.78 Å². The van der Waals surface area contributed by atoms with Crippen molar-refractivity contribution in [2.75, 3.05) is 0 Å². The molecule has 2 nitrogen and oxygen atoms in total. The molecule has 0 heterocycles. The van der Waals surface area contributed by atoms with E-state index in [9.17, 15) is 9.90 Å². The van der Waals surface area contributed by atoms with Crippen molar-refractivity contribution in [2.45, 2.75) is 70.8 Å². The molecule has 0 aromatic heterocycles. The molecule has 4 rings (SSSR count). The van der Waals surface area contributed by atoms with E-state index in [4.69, 9.17) is 0 Å². The molecule has 4 saturated carbocycles. The Bertz CT molecular complexity index is 418. The van der Waals surface area contributed by atoms with Crippen LogP contribution >= 0.6 is 0 Å². The lowest BCUT2D eigenvalue weighted by molar-refractivity contribution is -0.129. The van der Waals surface area contributed by atoms with Gasteiger partial charge in [0.1, 0.15) is 5.78 Å². The van der Waals surface area contributed by atoms with Crippen LogP contribution in [0.25, 0.3) is 0 Å². The first-order valence-electron chi connectivity index (χ1n) is 8.80. The van der Waals surface area contributed by atoms with Crippen molar-refractivity contribution in [1.29, 1.82) is 0 Å². The normalized spacial score (nSPS) is 55.0. The van der Waals surface area contributed by atoms with Crippen LogP contribution in [0.15, 0.2) is 0 Å². The van der Waals surface area contributed by atoms with E-state index < -0.39 is 0 Å². The number of ketones is 1. The maximum atomic E-state index is 12.1. The molecule has 0 aliphatic heterocycles. The van der Waals surface area contributed by atoms with Crippen molar-refractivity contribution in [2.24, 2.45) is 35.0 Å². The van der Waals surface area contributed by atoms with Gasteiger partial charge in [0.25, 0.3) is 0 Å². The minimum atomic E-state index is -0.0472. The van der Waals surface area contributed by atoms with Crippen LogP contribution in [0.4, 0.5) is 0 Å². The fourth-order valence-electron chi connectivity index (χ4n) is 6.65. The van der Waals surface area contributed by atoms with Gasteiger partial charge in [0.15, 0.2) is 0 Å². The lowest BCUT2D eigenvalue weighted by Crippen LogP contribution is -2.51. The molecule has 7 atom stereocenters. The number of hydrogen-bond acceptors (Lipinski definition) is 2. The quantitative estimate of drug-likeness (QED) is 0.734. The zero-order valence-electron chi connectivity index (χ0n) is 12.7. The minimum absolute atomic E-state index is 0.0472. The fraction of sp³-hybridized carbons (Fsp3) is 0.944. The summed E-state index contributed by atoms with van der Waals surface area (Å²) in [6.07, 6.45) is 10.3. The second-order valence-electron chi connectivity index (χ2n) is 8.33. The van der Waals surface area contributed by atoms with Gasteiger partial charge in [0.2, 0.25) is 0 Å². The number of fused-ring (bicyclic) bond motifs is 5. The van der Waals surface area contributed by atoms with Crippen molar-refractivity contribution in [3.8, 4) is 0 Å². The monoisotopic (exact) mass is 276 g/mol. The lowest BCUT2D eigenvalue weighted by atomic mass is 9.47. The van der Waals surface area contributed by atoms with E-state index in [0.717, 1.165) is 43.4 Å². The van der Waals surface area contributed by atoms with Gasteiger partial charge in [-0.25, -0.2) is 0 Å². The first kappa shape index (κ1) is 13.3. The third-order valence-electron chi connectivity index (χ3n) is 7.71. The highest BCUT2D eigenvalue weighted by atomic mass is 16.3. The van der Waals surface area contributed by atoms with Gasteiger partial charge in [-0.15, -0.1) is 0 Å². The largest absolute Gasteiger partial charge is 0.393 e. The average molecular weight is 276 g/mol. The van der Waals surface area contributed by atoms with Gasteiger partial charge in [0.05, 0.1) is 6.10 Å². The number of hydrogen-bond donors (Lipinski definition) is 1. The second kappa shape index (κ2) is 4.56. The molecular weight excluding hydrogens is 248 g/mol. The summed E-state index contributed by atoms with van der Waals surface area (Å²) in [5.74, 6) is 4.09. The van der Waals surface area contributed by atoms with Crippen molar-refractivity contribution in [3.05, 3.63) is 0 Å². The summed E-state index contributed by atoms with van der Waals surface area (Å²) in [6.45, 7) is 2.51. The first-order valence-corrected chi connectivity index (χ1v) is 8.80. The Balaban J connectivity index is 1.61. The maximum absolute atomic E-state index is 12.1. The van der Waals surface area contributed by atoms with E-state index in [-0.39, 0.29) is 6.10 Å². The molecule has 0 amide bonds. The molecule has 2 heteroatoms. The number of aliphatic hydroxyl groups excluding tert-OH is 1. The molecular formula is C18H28O2. The predicted octanol–water partition coefficient (Wildman–Crippen LogP) is 3.57. The van der Waals surface area contributed by atoms with Gasteiger partial charge in [-0.1, -0.05) is 6.92 Å². The van der Waals surface area contributed by atoms with Crippen LogP contribution < -0.4 is 0 Å². The number of Topliss-reactive ketones (excluding diaryl/α,β-unsaturated/α-hetero) is 1. The molecule has 20 heavy (non-hydrogen) atoms. The number of carbonyl (C=O) groups excluding carboxylic acids is 1. The highest BCUT2D eigenvalue weighted by Gasteiger charge is 2.56. The Kier molecular flexibility index (Phi) is 3.03. The summed E-state index contributed by atoms with van der Waals surface area (Å²) in [6, 6.07) is 0. The Labute approximate surface area is 122 Å². The predicted molar refractivity (Wildman–Crippen MR) is 78.1 cm³/mol. The Morgan fingerprint density at radius 3 is 2.75 bits per heavy atom. The van der Waals surface area contributed by atoms with E-state index in [0.29, 0.717) is 23.0 Å². The molecule has 4 fully saturated rings. The van der Waals surface area contributed by atoms with Crippen LogP contribution in [0.1, 0.15) is 64.7 Å². The highest BCUT2D eigenvalue weighted by Crippen LogP contribution is 2.62. The van der Waals surface area contributed by atoms with E-state index in [2.05, 4.69) is 6.92 Å². The van der Waals surface area contributed by atoms with Gasteiger partial charge >= 0.3 is 0 Å². The van der Waals surface area contributed by atoms with Gasteiger partial charge < -0.3 is 5.11 Å². The van der Waals surface area contributed by atoms with Crippen LogP contribution in [-0.4, -0.2) is 17.0 Å². The summed E-state index contributed by atoms with van der Waals surface area (Å²) in [7, 11) is 0. The molecule has 112 valence electrons.